The average molecular weight is 320 g/mol. The Morgan fingerprint density at radius 3 is 2.19 bits per heavy atom. The zero-order valence-electron chi connectivity index (χ0n) is 13.3. The molecule has 1 rings (SSSR count). The van der Waals surface area contributed by atoms with Crippen molar-refractivity contribution in [2.24, 2.45) is 0 Å². The Kier molecular flexibility index (Phi) is 13.6. The van der Waals surface area contributed by atoms with E-state index in [2.05, 4.69) is 19.1 Å². The normalized spacial score (nSPS) is 10.4. The van der Waals surface area contributed by atoms with Crippen LogP contribution in [0.25, 0.3) is 0 Å². The maximum absolute atomic E-state index is 10.4. The molecule has 0 bridgehead atoms. The quantitative estimate of drug-likeness (QED) is 0.350. The second kappa shape index (κ2) is 13.6. The summed E-state index contributed by atoms with van der Waals surface area (Å²) in [5.74, 6) is 0.779. The zero-order valence-corrected chi connectivity index (χ0v) is 16.1. The first-order valence-electron chi connectivity index (χ1n) is 7.50. The SMILES string of the molecule is CCCCCCCCc1ccc(OCC[S-](=O)=O)cc1.[Na+]. The molecule has 21 heavy (non-hydrogen) atoms. The van der Waals surface area contributed by atoms with Crippen LogP contribution >= 0.6 is 0 Å². The fourth-order valence-corrected chi connectivity index (χ4v) is 2.31. The summed E-state index contributed by atoms with van der Waals surface area (Å²) in [6.07, 6.45) is 8.97. The molecule has 3 nitrogen and oxygen atoms in total. The summed E-state index contributed by atoms with van der Waals surface area (Å²) in [5, 5.41) is 0. The molecular formula is C16H25NaO3S. The van der Waals surface area contributed by atoms with Crippen LogP contribution in [0.1, 0.15) is 51.0 Å². The molecule has 0 aliphatic carbocycles. The van der Waals surface area contributed by atoms with E-state index in [0.717, 1.165) is 12.2 Å². The van der Waals surface area contributed by atoms with Gasteiger partial charge in [0.15, 0.2) is 0 Å². The van der Waals surface area contributed by atoms with Gasteiger partial charge in [0.05, 0.1) is 6.61 Å². The monoisotopic (exact) mass is 320 g/mol. The molecule has 0 unspecified atom stereocenters. The maximum atomic E-state index is 10.4. The third kappa shape index (κ3) is 11.2. The number of rotatable bonds is 11. The van der Waals surface area contributed by atoms with E-state index in [1.165, 1.54) is 44.1 Å². The zero-order chi connectivity index (χ0) is 14.6. The van der Waals surface area contributed by atoms with Crippen molar-refractivity contribution in [2.75, 3.05) is 12.4 Å². The van der Waals surface area contributed by atoms with Crippen LogP contribution in [0.3, 0.4) is 0 Å². The molecule has 0 aromatic heterocycles. The maximum Gasteiger partial charge on any atom is 1.00 e. The van der Waals surface area contributed by atoms with E-state index < -0.39 is 10.7 Å². The van der Waals surface area contributed by atoms with Crippen molar-refractivity contribution < 1.29 is 42.7 Å². The van der Waals surface area contributed by atoms with Crippen molar-refractivity contribution >= 4 is 10.7 Å². The minimum absolute atomic E-state index is 0. The third-order valence-corrected chi connectivity index (χ3v) is 3.76. The van der Waals surface area contributed by atoms with E-state index in [1.807, 2.05) is 12.1 Å². The molecule has 0 radical (unpaired) electrons. The van der Waals surface area contributed by atoms with Gasteiger partial charge >= 0.3 is 29.6 Å². The molecule has 0 atom stereocenters. The van der Waals surface area contributed by atoms with Crippen LogP contribution < -0.4 is 34.3 Å². The van der Waals surface area contributed by atoms with E-state index in [9.17, 15) is 8.42 Å². The van der Waals surface area contributed by atoms with E-state index >= 15 is 0 Å². The summed E-state index contributed by atoms with van der Waals surface area (Å²) in [4.78, 5) is 0. The van der Waals surface area contributed by atoms with Crippen LogP contribution in [0.2, 0.25) is 0 Å². The summed E-state index contributed by atoms with van der Waals surface area (Å²) in [6.45, 7) is 2.45. The predicted molar refractivity (Wildman–Crippen MR) is 82.6 cm³/mol. The second-order valence-electron chi connectivity index (χ2n) is 5.02. The Morgan fingerprint density at radius 2 is 1.57 bits per heavy atom. The molecule has 0 aliphatic rings. The van der Waals surface area contributed by atoms with Gasteiger partial charge in [0.2, 0.25) is 0 Å². The molecule has 0 saturated carbocycles. The fourth-order valence-electron chi connectivity index (χ4n) is 2.09. The molecular weight excluding hydrogens is 295 g/mol. The number of ether oxygens (including phenoxy) is 1. The smallest absolute Gasteiger partial charge is 0.495 e. The van der Waals surface area contributed by atoms with Gasteiger partial charge in [-0.15, -0.1) is 0 Å². The van der Waals surface area contributed by atoms with Crippen LogP contribution in [0.4, 0.5) is 0 Å². The van der Waals surface area contributed by atoms with Crippen LogP contribution in [0.5, 0.6) is 5.75 Å². The molecule has 5 heteroatoms. The molecule has 0 N–H and O–H groups in total. The van der Waals surface area contributed by atoms with Crippen molar-refractivity contribution in [1.29, 1.82) is 0 Å². The molecule has 1 aromatic rings. The summed E-state index contributed by atoms with van der Waals surface area (Å²) in [7, 11) is -2.03. The number of hydrogen-bond donors (Lipinski definition) is 0. The standard InChI is InChI=1S/C16H25O3S.Na/c1-2-3-4-5-6-7-8-15-9-11-16(12-10-15)19-13-14-20(17)18;/h9-12H,2-8,13-14H2,1H3;/q-1;+1. The van der Waals surface area contributed by atoms with Gasteiger partial charge < -0.3 is 13.2 Å². The Hall–Kier alpha value is -0.0300. The first-order chi connectivity index (χ1) is 9.72. The summed E-state index contributed by atoms with van der Waals surface area (Å²) >= 11 is 0. The Labute approximate surface area is 152 Å². The van der Waals surface area contributed by atoms with Crippen molar-refractivity contribution in [3.8, 4) is 5.75 Å². The fraction of sp³-hybridized carbons (Fsp3) is 0.625. The van der Waals surface area contributed by atoms with Gasteiger partial charge in [0, 0.05) is 0 Å². The van der Waals surface area contributed by atoms with Gasteiger partial charge in [-0.2, -0.15) is 0 Å². The minimum Gasteiger partial charge on any atom is -0.495 e. The molecule has 114 valence electrons. The first-order valence-corrected chi connectivity index (χ1v) is 8.74. The Balaban J connectivity index is 0.00000400. The van der Waals surface area contributed by atoms with Gasteiger partial charge in [-0.1, -0.05) is 61.9 Å². The van der Waals surface area contributed by atoms with Crippen molar-refractivity contribution in [2.45, 2.75) is 51.9 Å². The van der Waals surface area contributed by atoms with Gasteiger partial charge in [0.25, 0.3) is 0 Å². The van der Waals surface area contributed by atoms with Crippen LogP contribution in [0.15, 0.2) is 24.3 Å². The second-order valence-corrected chi connectivity index (χ2v) is 6.03. The van der Waals surface area contributed by atoms with Gasteiger partial charge in [-0.3, -0.25) is 0 Å². The van der Waals surface area contributed by atoms with E-state index in [4.69, 9.17) is 4.74 Å². The Morgan fingerprint density at radius 1 is 0.952 bits per heavy atom. The topological polar surface area (TPSA) is 43.4 Å². The summed E-state index contributed by atoms with van der Waals surface area (Å²) in [5.41, 5.74) is 1.32. The van der Waals surface area contributed by atoms with Gasteiger partial charge in [0.1, 0.15) is 5.75 Å². The van der Waals surface area contributed by atoms with Gasteiger partial charge in [-0.25, -0.2) is 0 Å². The third-order valence-electron chi connectivity index (χ3n) is 3.26. The summed E-state index contributed by atoms with van der Waals surface area (Å²) < 4.78 is 26.1. The predicted octanol–water partition coefficient (Wildman–Crippen LogP) is 1.28. The number of unbranched alkanes of at least 4 members (excludes halogenated alkanes) is 5. The van der Waals surface area contributed by atoms with Crippen LogP contribution in [0, 0.1) is 0 Å². The largest absolute Gasteiger partial charge is 1.00 e. The average Bonchev–Trinajstić information content (AvgIpc) is 2.44. The molecule has 0 aliphatic heterocycles. The first kappa shape index (κ1) is 21.0. The van der Waals surface area contributed by atoms with E-state index in [0.29, 0.717) is 0 Å². The van der Waals surface area contributed by atoms with Crippen LogP contribution in [-0.4, -0.2) is 12.4 Å². The molecule has 1 aromatic carbocycles. The molecule has 0 heterocycles. The van der Waals surface area contributed by atoms with Gasteiger partial charge in [-0.05, 0) is 36.3 Å². The van der Waals surface area contributed by atoms with E-state index in [-0.39, 0.29) is 41.9 Å². The molecule has 0 amide bonds. The van der Waals surface area contributed by atoms with Crippen molar-refractivity contribution in [1.82, 2.24) is 0 Å². The molecule has 0 spiro atoms. The molecule has 0 fully saturated rings. The Bertz CT molecular complexity index is 422. The van der Waals surface area contributed by atoms with Crippen molar-refractivity contribution in [3.63, 3.8) is 0 Å². The molecule has 0 saturated heterocycles. The number of aryl methyl sites for hydroxylation is 1. The van der Waals surface area contributed by atoms with Crippen molar-refractivity contribution in [3.05, 3.63) is 29.8 Å². The van der Waals surface area contributed by atoms with E-state index in [1.54, 1.807) is 0 Å². The number of benzene rings is 1. The summed E-state index contributed by atoms with van der Waals surface area (Å²) in [6, 6.07) is 7.96. The minimum atomic E-state index is -2.03. The number of hydrogen-bond acceptors (Lipinski definition) is 4. The van der Waals surface area contributed by atoms with Crippen LogP contribution in [-0.2, 0) is 25.5 Å².